The maximum atomic E-state index is 12.2. The van der Waals surface area contributed by atoms with Crippen LogP contribution in [0.1, 0.15) is 20.8 Å². The van der Waals surface area contributed by atoms with E-state index in [2.05, 4.69) is 21.2 Å². The molecule has 1 amide bonds. The summed E-state index contributed by atoms with van der Waals surface area (Å²) in [7, 11) is 0. The summed E-state index contributed by atoms with van der Waals surface area (Å²) >= 11 is 4.88. The molecule has 0 aliphatic rings. The summed E-state index contributed by atoms with van der Waals surface area (Å²) in [5, 5.41) is 15.6. The van der Waals surface area contributed by atoms with Crippen LogP contribution in [-0.2, 0) is 6.54 Å². The number of aryl methyl sites for hydroxylation is 1. The van der Waals surface area contributed by atoms with Gasteiger partial charge in [-0.25, -0.2) is 0 Å². The molecular formula is C13H11BrN2O3S. The number of carbonyl (C=O) groups excluding carboxylic acids is 1. The normalized spacial score (nSPS) is 10.3. The van der Waals surface area contributed by atoms with Gasteiger partial charge in [-0.05, 0) is 39.9 Å². The Morgan fingerprint density at radius 3 is 2.80 bits per heavy atom. The topological polar surface area (TPSA) is 72.2 Å². The fourth-order valence-corrected chi connectivity index (χ4v) is 3.23. The minimum absolute atomic E-state index is 0.116. The van der Waals surface area contributed by atoms with Crippen LogP contribution in [0.2, 0.25) is 0 Å². The number of nitro benzene ring substituents is 1. The molecule has 1 aromatic heterocycles. The molecule has 0 saturated carbocycles. The molecule has 2 aromatic rings. The van der Waals surface area contributed by atoms with Gasteiger partial charge in [0.05, 0.1) is 11.5 Å². The molecule has 0 aliphatic heterocycles. The standard InChI is InChI=1S/C13H11BrN2O3S/c1-8-3-2-4-10(16(18)19)12(8)13(17)15-7-11-9(14)5-6-20-11/h2-6H,7H2,1H3,(H,15,17). The van der Waals surface area contributed by atoms with Crippen molar-refractivity contribution in [2.75, 3.05) is 0 Å². The molecule has 104 valence electrons. The van der Waals surface area contributed by atoms with Gasteiger partial charge in [-0.2, -0.15) is 0 Å². The summed E-state index contributed by atoms with van der Waals surface area (Å²) in [5.41, 5.74) is 0.528. The van der Waals surface area contributed by atoms with E-state index in [-0.39, 0.29) is 11.3 Å². The molecule has 0 unspecified atom stereocenters. The van der Waals surface area contributed by atoms with Crippen molar-refractivity contribution in [2.45, 2.75) is 13.5 Å². The molecule has 0 aliphatic carbocycles. The summed E-state index contributed by atoms with van der Waals surface area (Å²) < 4.78 is 0.919. The SMILES string of the molecule is Cc1cccc([N+](=O)[O-])c1C(=O)NCc1sccc1Br. The van der Waals surface area contributed by atoms with E-state index in [1.165, 1.54) is 17.4 Å². The average Bonchev–Trinajstić information content (AvgIpc) is 2.81. The molecule has 1 heterocycles. The van der Waals surface area contributed by atoms with Gasteiger partial charge >= 0.3 is 0 Å². The summed E-state index contributed by atoms with van der Waals surface area (Å²) in [6, 6.07) is 6.48. The zero-order chi connectivity index (χ0) is 14.7. The first-order valence-electron chi connectivity index (χ1n) is 5.74. The highest BCUT2D eigenvalue weighted by Crippen LogP contribution is 2.24. The van der Waals surface area contributed by atoms with E-state index in [0.29, 0.717) is 12.1 Å². The van der Waals surface area contributed by atoms with E-state index in [9.17, 15) is 14.9 Å². The molecule has 0 bridgehead atoms. The van der Waals surface area contributed by atoms with E-state index in [4.69, 9.17) is 0 Å². The fraction of sp³-hybridized carbons (Fsp3) is 0.154. The zero-order valence-electron chi connectivity index (χ0n) is 10.6. The highest BCUT2D eigenvalue weighted by Gasteiger charge is 2.22. The largest absolute Gasteiger partial charge is 0.347 e. The van der Waals surface area contributed by atoms with Gasteiger partial charge in [0.2, 0.25) is 0 Å². The Morgan fingerprint density at radius 2 is 2.20 bits per heavy atom. The van der Waals surface area contributed by atoms with Gasteiger partial charge in [0.25, 0.3) is 11.6 Å². The lowest BCUT2D eigenvalue weighted by atomic mass is 10.1. The number of halogens is 1. The van der Waals surface area contributed by atoms with E-state index >= 15 is 0 Å². The summed E-state index contributed by atoms with van der Waals surface area (Å²) in [6.07, 6.45) is 0. The molecule has 0 saturated heterocycles. The monoisotopic (exact) mass is 354 g/mol. The highest BCUT2D eigenvalue weighted by molar-refractivity contribution is 9.10. The van der Waals surface area contributed by atoms with Gasteiger partial charge in [0.1, 0.15) is 5.56 Å². The molecular weight excluding hydrogens is 344 g/mol. The molecule has 1 N–H and O–H groups in total. The molecule has 20 heavy (non-hydrogen) atoms. The van der Waals surface area contributed by atoms with Crippen LogP contribution < -0.4 is 5.32 Å². The number of carbonyl (C=O) groups is 1. The first kappa shape index (κ1) is 14.7. The van der Waals surface area contributed by atoms with Gasteiger partial charge < -0.3 is 5.32 Å². The lowest BCUT2D eigenvalue weighted by molar-refractivity contribution is -0.385. The number of hydrogen-bond donors (Lipinski definition) is 1. The number of amides is 1. The van der Waals surface area contributed by atoms with Gasteiger partial charge in [0, 0.05) is 15.4 Å². The van der Waals surface area contributed by atoms with Crippen molar-refractivity contribution in [2.24, 2.45) is 0 Å². The van der Waals surface area contributed by atoms with Crippen LogP contribution in [0.15, 0.2) is 34.1 Å². The van der Waals surface area contributed by atoms with E-state index in [0.717, 1.165) is 9.35 Å². The van der Waals surface area contributed by atoms with Crippen LogP contribution in [0, 0.1) is 17.0 Å². The predicted molar refractivity (Wildman–Crippen MR) is 81.0 cm³/mol. The van der Waals surface area contributed by atoms with E-state index in [1.807, 2.05) is 11.4 Å². The predicted octanol–water partition coefficient (Wildman–Crippen LogP) is 3.66. The van der Waals surface area contributed by atoms with Crippen molar-refractivity contribution < 1.29 is 9.72 Å². The molecule has 0 atom stereocenters. The fourth-order valence-electron chi connectivity index (χ4n) is 1.80. The Morgan fingerprint density at radius 1 is 1.45 bits per heavy atom. The third-order valence-electron chi connectivity index (χ3n) is 2.78. The van der Waals surface area contributed by atoms with Crippen molar-refractivity contribution in [3.63, 3.8) is 0 Å². The second-order valence-electron chi connectivity index (χ2n) is 4.10. The van der Waals surface area contributed by atoms with Gasteiger partial charge in [-0.15, -0.1) is 11.3 Å². The van der Waals surface area contributed by atoms with Crippen LogP contribution >= 0.6 is 27.3 Å². The highest BCUT2D eigenvalue weighted by atomic mass is 79.9. The van der Waals surface area contributed by atoms with Crippen LogP contribution in [0.4, 0.5) is 5.69 Å². The molecule has 2 rings (SSSR count). The van der Waals surface area contributed by atoms with Crippen molar-refractivity contribution in [1.82, 2.24) is 5.32 Å². The molecule has 0 spiro atoms. The number of thiophene rings is 1. The second-order valence-corrected chi connectivity index (χ2v) is 5.96. The van der Waals surface area contributed by atoms with Gasteiger partial charge in [-0.1, -0.05) is 12.1 Å². The number of nitro groups is 1. The van der Waals surface area contributed by atoms with Crippen molar-refractivity contribution in [1.29, 1.82) is 0 Å². The van der Waals surface area contributed by atoms with E-state index < -0.39 is 10.8 Å². The van der Waals surface area contributed by atoms with Crippen LogP contribution in [0.25, 0.3) is 0 Å². The van der Waals surface area contributed by atoms with Gasteiger partial charge in [-0.3, -0.25) is 14.9 Å². The third-order valence-corrected chi connectivity index (χ3v) is 4.70. The van der Waals surface area contributed by atoms with Crippen LogP contribution in [0.3, 0.4) is 0 Å². The molecule has 5 nitrogen and oxygen atoms in total. The Labute approximate surface area is 127 Å². The number of rotatable bonds is 4. The maximum absolute atomic E-state index is 12.2. The molecule has 0 fully saturated rings. The van der Waals surface area contributed by atoms with Gasteiger partial charge in [0.15, 0.2) is 0 Å². The lowest BCUT2D eigenvalue weighted by Gasteiger charge is -2.07. The minimum Gasteiger partial charge on any atom is -0.347 e. The quantitative estimate of drug-likeness (QED) is 0.672. The zero-order valence-corrected chi connectivity index (χ0v) is 13.0. The Kier molecular flexibility index (Phi) is 4.51. The molecule has 0 radical (unpaired) electrons. The summed E-state index contributed by atoms with van der Waals surface area (Å²) in [5.74, 6) is -0.435. The molecule has 7 heteroatoms. The second kappa shape index (κ2) is 6.15. The average molecular weight is 355 g/mol. The third kappa shape index (κ3) is 3.05. The number of nitrogens with zero attached hydrogens (tertiary/aromatic N) is 1. The molecule has 1 aromatic carbocycles. The van der Waals surface area contributed by atoms with Crippen molar-refractivity contribution in [3.8, 4) is 0 Å². The maximum Gasteiger partial charge on any atom is 0.282 e. The van der Waals surface area contributed by atoms with Crippen LogP contribution in [-0.4, -0.2) is 10.8 Å². The Balaban J connectivity index is 2.21. The summed E-state index contributed by atoms with van der Waals surface area (Å²) in [4.78, 5) is 23.6. The minimum atomic E-state index is -0.539. The lowest BCUT2D eigenvalue weighted by Crippen LogP contribution is -2.24. The Hall–Kier alpha value is -1.73. The van der Waals surface area contributed by atoms with Crippen LogP contribution in [0.5, 0.6) is 0 Å². The smallest absolute Gasteiger partial charge is 0.282 e. The first-order chi connectivity index (χ1) is 9.50. The number of nitrogens with one attached hydrogen (secondary N) is 1. The van der Waals surface area contributed by atoms with Crippen molar-refractivity contribution >= 4 is 38.9 Å². The number of hydrogen-bond acceptors (Lipinski definition) is 4. The van der Waals surface area contributed by atoms with E-state index in [1.54, 1.807) is 19.1 Å². The number of benzene rings is 1. The first-order valence-corrected chi connectivity index (χ1v) is 7.42. The Bertz CT molecular complexity index is 669. The van der Waals surface area contributed by atoms with Crippen molar-refractivity contribution in [3.05, 3.63) is 60.2 Å². The summed E-state index contributed by atoms with van der Waals surface area (Å²) in [6.45, 7) is 2.02.